The van der Waals surface area contributed by atoms with E-state index in [9.17, 15) is 0 Å². The third-order valence-electron chi connectivity index (χ3n) is 9.22. The molecule has 3 heterocycles. The standard InChI is InChI=1S/C43H39Cl2N5O2/c1-5-49(6-2)30-24-20-28(21-25-30)38-40(32-14-9-11-16-34(32)44)51-42(47-38)36-18-13-19-37(46-36)43-48-39(41(52-43)33-15-10-12-17-35(33)45)29-22-26-31(27-23-29)50(7-3)8-4/h9-27H,5-8H2,1-4H3. The van der Waals surface area contributed by atoms with Crippen molar-refractivity contribution in [3.63, 3.8) is 0 Å². The number of halogens is 2. The smallest absolute Gasteiger partial charge is 0.246 e. The molecule has 0 N–H and O–H groups in total. The van der Waals surface area contributed by atoms with E-state index in [4.69, 9.17) is 47.0 Å². The van der Waals surface area contributed by atoms with Gasteiger partial charge in [0.15, 0.2) is 11.5 Å². The molecular formula is C43H39Cl2N5O2. The van der Waals surface area contributed by atoms with Crippen molar-refractivity contribution in [1.29, 1.82) is 0 Å². The molecule has 52 heavy (non-hydrogen) atoms. The van der Waals surface area contributed by atoms with Gasteiger partial charge in [-0.25, -0.2) is 15.0 Å². The molecule has 0 saturated carbocycles. The van der Waals surface area contributed by atoms with Crippen LogP contribution in [0.15, 0.2) is 124 Å². The van der Waals surface area contributed by atoms with Crippen LogP contribution in [0, 0.1) is 0 Å². The topological polar surface area (TPSA) is 71.4 Å². The summed E-state index contributed by atoms with van der Waals surface area (Å²) < 4.78 is 13.0. The van der Waals surface area contributed by atoms with Crippen LogP contribution in [-0.2, 0) is 0 Å². The van der Waals surface area contributed by atoms with Crippen LogP contribution in [0.3, 0.4) is 0 Å². The van der Waals surface area contributed by atoms with Gasteiger partial charge in [0, 0.05) is 59.8 Å². The SMILES string of the molecule is CCN(CC)c1ccc(-c2nc(-c3cccc(-c4nc(-c5ccc(N(CC)CC)cc5)c(-c5ccccc5Cl)o4)n3)oc2-c2ccccc2Cl)cc1. The average Bonchev–Trinajstić information content (AvgIpc) is 3.83. The van der Waals surface area contributed by atoms with Gasteiger partial charge in [-0.15, -0.1) is 0 Å². The summed E-state index contributed by atoms with van der Waals surface area (Å²) in [4.78, 5) is 19.6. The number of hydrogen-bond acceptors (Lipinski definition) is 7. The van der Waals surface area contributed by atoms with E-state index in [1.54, 1.807) is 0 Å². The number of pyridine rings is 1. The highest BCUT2D eigenvalue weighted by molar-refractivity contribution is 6.33. The first-order chi connectivity index (χ1) is 25.4. The molecule has 0 bridgehead atoms. The normalized spacial score (nSPS) is 11.2. The van der Waals surface area contributed by atoms with Gasteiger partial charge in [0.25, 0.3) is 0 Å². The number of nitrogens with zero attached hydrogens (tertiary/aromatic N) is 5. The van der Waals surface area contributed by atoms with Crippen LogP contribution < -0.4 is 9.80 Å². The molecular weight excluding hydrogens is 689 g/mol. The molecule has 0 unspecified atom stereocenters. The van der Waals surface area contributed by atoms with E-state index < -0.39 is 0 Å². The Kier molecular flexibility index (Phi) is 10.4. The van der Waals surface area contributed by atoms with E-state index in [0.29, 0.717) is 56.1 Å². The fourth-order valence-electron chi connectivity index (χ4n) is 6.42. The van der Waals surface area contributed by atoms with Crippen LogP contribution in [0.5, 0.6) is 0 Å². The molecule has 3 aromatic heterocycles. The van der Waals surface area contributed by atoms with Gasteiger partial charge >= 0.3 is 0 Å². The summed E-state index contributed by atoms with van der Waals surface area (Å²) in [6, 6.07) is 37.6. The monoisotopic (exact) mass is 727 g/mol. The Morgan fingerprint density at radius 1 is 0.462 bits per heavy atom. The third-order valence-corrected chi connectivity index (χ3v) is 9.88. The van der Waals surface area contributed by atoms with E-state index >= 15 is 0 Å². The number of aromatic nitrogens is 3. The number of anilines is 2. The second kappa shape index (κ2) is 15.5. The van der Waals surface area contributed by atoms with Crippen LogP contribution in [0.4, 0.5) is 11.4 Å². The number of oxazole rings is 2. The molecule has 0 amide bonds. The van der Waals surface area contributed by atoms with Crippen molar-refractivity contribution >= 4 is 34.6 Å². The van der Waals surface area contributed by atoms with Crippen molar-refractivity contribution in [2.45, 2.75) is 27.7 Å². The fraction of sp³-hybridized carbons (Fsp3) is 0.186. The molecule has 9 heteroatoms. The Bertz CT molecular complexity index is 2130. The molecule has 0 spiro atoms. The minimum absolute atomic E-state index is 0.352. The largest absolute Gasteiger partial charge is 0.434 e. The molecule has 0 fully saturated rings. The van der Waals surface area contributed by atoms with Crippen molar-refractivity contribution in [3.05, 3.63) is 125 Å². The molecule has 0 aliphatic heterocycles. The van der Waals surface area contributed by atoms with Crippen molar-refractivity contribution in [2.75, 3.05) is 36.0 Å². The lowest BCUT2D eigenvalue weighted by molar-refractivity contribution is 0.582. The Morgan fingerprint density at radius 2 is 0.846 bits per heavy atom. The lowest BCUT2D eigenvalue weighted by atomic mass is 10.1. The van der Waals surface area contributed by atoms with Crippen LogP contribution in [0.1, 0.15) is 27.7 Å². The lowest BCUT2D eigenvalue weighted by Gasteiger charge is -2.21. The summed E-state index contributed by atoms with van der Waals surface area (Å²) in [5.41, 5.74) is 8.00. The molecule has 4 aromatic carbocycles. The molecule has 0 saturated heterocycles. The van der Waals surface area contributed by atoms with Crippen LogP contribution in [0.2, 0.25) is 10.0 Å². The van der Waals surface area contributed by atoms with Gasteiger partial charge in [-0.2, -0.15) is 0 Å². The van der Waals surface area contributed by atoms with Crippen molar-refractivity contribution in [2.24, 2.45) is 0 Å². The Hall–Kier alpha value is -5.37. The van der Waals surface area contributed by atoms with Crippen molar-refractivity contribution in [3.8, 4) is 68.3 Å². The van der Waals surface area contributed by atoms with Gasteiger partial charge in [-0.05, 0) is 88.4 Å². The first-order valence-electron chi connectivity index (χ1n) is 17.6. The minimum Gasteiger partial charge on any atom is -0.434 e. The molecule has 0 aliphatic rings. The second-order valence-electron chi connectivity index (χ2n) is 12.2. The summed E-state index contributed by atoms with van der Waals surface area (Å²) in [6.07, 6.45) is 0. The minimum atomic E-state index is 0.352. The summed E-state index contributed by atoms with van der Waals surface area (Å²) in [5, 5.41) is 1.13. The lowest BCUT2D eigenvalue weighted by Crippen LogP contribution is -2.21. The molecule has 262 valence electrons. The van der Waals surface area contributed by atoms with Gasteiger partial charge in [-0.1, -0.05) is 77.8 Å². The van der Waals surface area contributed by atoms with E-state index in [2.05, 4.69) is 86.0 Å². The summed E-state index contributed by atoms with van der Waals surface area (Å²) in [7, 11) is 0. The average molecular weight is 729 g/mol. The van der Waals surface area contributed by atoms with Gasteiger partial charge in [0.05, 0.1) is 10.0 Å². The zero-order valence-corrected chi connectivity index (χ0v) is 31.1. The van der Waals surface area contributed by atoms with E-state index in [1.807, 2.05) is 66.7 Å². The van der Waals surface area contributed by atoms with Gasteiger partial charge in [0.2, 0.25) is 11.8 Å². The summed E-state index contributed by atoms with van der Waals surface area (Å²) in [6.45, 7) is 12.3. The van der Waals surface area contributed by atoms with Crippen LogP contribution in [0.25, 0.3) is 68.3 Å². The maximum absolute atomic E-state index is 6.71. The molecule has 7 nitrogen and oxygen atoms in total. The fourth-order valence-corrected chi connectivity index (χ4v) is 6.86. The first kappa shape index (κ1) is 35.1. The highest BCUT2D eigenvalue weighted by atomic mass is 35.5. The highest BCUT2D eigenvalue weighted by Gasteiger charge is 2.24. The third kappa shape index (κ3) is 6.94. The number of hydrogen-bond donors (Lipinski definition) is 0. The van der Waals surface area contributed by atoms with Crippen LogP contribution in [-0.4, -0.2) is 41.1 Å². The van der Waals surface area contributed by atoms with E-state index in [1.165, 1.54) is 0 Å². The van der Waals surface area contributed by atoms with Crippen LogP contribution >= 0.6 is 23.2 Å². The van der Waals surface area contributed by atoms with Crippen molar-refractivity contribution < 1.29 is 8.83 Å². The summed E-state index contributed by atoms with van der Waals surface area (Å²) in [5.74, 6) is 1.83. The summed E-state index contributed by atoms with van der Waals surface area (Å²) >= 11 is 13.4. The second-order valence-corrected chi connectivity index (χ2v) is 13.0. The van der Waals surface area contributed by atoms with Gasteiger partial charge in [0.1, 0.15) is 22.8 Å². The van der Waals surface area contributed by atoms with Gasteiger partial charge < -0.3 is 18.6 Å². The zero-order valence-electron chi connectivity index (χ0n) is 29.6. The van der Waals surface area contributed by atoms with E-state index in [-0.39, 0.29) is 0 Å². The Labute approximate surface area is 314 Å². The highest BCUT2D eigenvalue weighted by Crippen LogP contribution is 2.41. The molecule has 7 aromatic rings. The number of benzene rings is 4. The predicted molar refractivity (Wildman–Crippen MR) is 214 cm³/mol. The maximum Gasteiger partial charge on any atom is 0.246 e. The Morgan fingerprint density at radius 3 is 1.21 bits per heavy atom. The molecule has 0 aliphatic carbocycles. The van der Waals surface area contributed by atoms with E-state index in [0.717, 1.165) is 59.8 Å². The zero-order chi connectivity index (χ0) is 36.2. The Balaban J connectivity index is 1.31. The molecule has 0 radical (unpaired) electrons. The van der Waals surface area contributed by atoms with Gasteiger partial charge in [-0.3, -0.25) is 0 Å². The molecule has 7 rings (SSSR count). The maximum atomic E-state index is 6.71. The quantitative estimate of drug-likeness (QED) is 0.124. The van der Waals surface area contributed by atoms with Crippen molar-refractivity contribution in [1.82, 2.24) is 15.0 Å². The molecule has 0 atom stereocenters. The predicted octanol–water partition coefficient (Wildman–Crippen LogP) is 12.1. The number of rotatable bonds is 12. The first-order valence-corrected chi connectivity index (χ1v) is 18.4.